The van der Waals surface area contributed by atoms with Gasteiger partial charge in [-0.05, 0) is 31.2 Å². The van der Waals surface area contributed by atoms with E-state index in [-0.39, 0.29) is 18.3 Å². The van der Waals surface area contributed by atoms with Crippen LogP contribution in [0, 0.1) is 0 Å². The molecule has 0 aliphatic rings. The lowest BCUT2D eigenvalue weighted by atomic mass is 10.2. The summed E-state index contributed by atoms with van der Waals surface area (Å²) in [7, 11) is 0. The Morgan fingerprint density at radius 2 is 2.29 bits per heavy atom. The molecule has 0 fully saturated rings. The summed E-state index contributed by atoms with van der Waals surface area (Å²) in [4.78, 5) is 18.8. The lowest BCUT2D eigenvalue weighted by molar-refractivity contribution is 0.0953. The topological polar surface area (TPSA) is 83.8 Å². The number of amides is 1. The van der Waals surface area contributed by atoms with Crippen LogP contribution in [-0.4, -0.2) is 29.0 Å². The highest BCUT2D eigenvalue weighted by Gasteiger charge is 2.06. The molecule has 2 aromatic rings. The van der Waals surface area contributed by atoms with Crippen LogP contribution in [0.1, 0.15) is 16.8 Å². The molecule has 0 saturated heterocycles. The highest BCUT2D eigenvalue weighted by molar-refractivity contribution is 5.97. The molecule has 0 aliphatic carbocycles. The van der Waals surface area contributed by atoms with Crippen LogP contribution in [0.2, 0.25) is 0 Å². The van der Waals surface area contributed by atoms with E-state index in [0.717, 1.165) is 17.5 Å². The quantitative estimate of drug-likeness (QED) is 0.714. The van der Waals surface area contributed by atoms with Crippen LogP contribution in [0.15, 0.2) is 24.5 Å². The second-order valence-corrected chi connectivity index (χ2v) is 3.53. The van der Waals surface area contributed by atoms with E-state index < -0.39 is 0 Å². The first-order chi connectivity index (χ1) is 7.81. The van der Waals surface area contributed by atoms with Crippen molar-refractivity contribution in [1.29, 1.82) is 0 Å². The van der Waals surface area contributed by atoms with E-state index in [1.54, 1.807) is 18.5 Å². The third-order valence-corrected chi connectivity index (χ3v) is 2.35. The van der Waals surface area contributed by atoms with Crippen molar-refractivity contribution in [3.05, 3.63) is 30.1 Å². The van der Waals surface area contributed by atoms with Crippen molar-refractivity contribution in [2.45, 2.75) is 6.42 Å². The normalized spacial score (nSPS) is 9.94. The molecule has 4 N–H and O–H groups in total. The number of hydrogen-bond donors (Lipinski definition) is 3. The molecule has 0 atom stereocenters. The largest absolute Gasteiger partial charge is 0.352 e. The highest BCUT2D eigenvalue weighted by atomic mass is 35.5. The van der Waals surface area contributed by atoms with E-state index in [4.69, 9.17) is 5.73 Å². The highest BCUT2D eigenvalue weighted by Crippen LogP contribution is 2.11. The summed E-state index contributed by atoms with van der Waals surface area (Å²) in [5.74, 6) is -0.0787. The third-order valence-electron chi connectivity index (χ3n) is 2.35. The fourth-order valence-electron chi connectivity index (χ4n) is 1.48. The van der Waals surface area contributed by atoms with Crippen LogP contribution in [0.5, 0.6) is 0 Å². The number of aromatic nitrogens is 2. The Labute approximate surface area is 105 Å². The summed E-state index contributed by atoms with van der Waals surface area (Å²) in [6.07, 6.45) is 2.40. The molecule has 17 heavy (non-hydrogen) atoms. The maximum Gasteiger partial charge on any atom is 0.251 e. The molecular formula is C11H15ClN4O. The lowest BCUT2D eigenvalue weighted by Crippen LogP contribution is -2.25. The first kappa shape index (κ1) is 13.5. The van der Waals surface area contributed by atoms with E-state index in [9.17, 15) is 4.79 Å². The van der Waals surface area contributed by atoms with E-state index in [0.29, 0.717) is 18.7 Å². The summed E-state index contributed by atoms with van der Waals surface area (Å²) < 4.78 is 0. The van der Waals surface area contributed by atoms with Gasteiger partial charge < -0.3 is 16.0 Å². The first-order valence-corrected chi connectivity index (χ1v) is 5.22. The predicted molar refractivity (Wildman–Crippen MR) is 69.3 cm³/mol. The molecule has 0 unspecified atom stereocenters. The maximum absolute atomic E-state index is 11.7. The number of nitrogens with one attached hydrogen (secondary N) is 2. The number of H-pyrrole nitrogens is 1. The second kappa shape index (κ2) is 6.22. The van der Waals surface area contributed by atoms with Gasteiger partial charge in [-0.15, -0.1) is 12.4 Å². The van der Waals surface area contributed by atoms with Gasteiger partial charge in [0, 0.05) is 12.1 Å². The minimum atomic E-state index is -0.0787. The summed E-state index contributed by atoms with van der Waals surface area (Å²) >= 11 is 0. The Kier molecular flexibility index (Phi) is 4.93. The number of fused-ring (bicyclic) bond motifs is 1. The van der Waals surface area contributed by atoms with Crippen LogP contribution in [0.4, 0.5) is 0 Å². The number of benzene rings is 1. The van der Waals surface area contributed by atoms with Gasteiger partial charge in [0.1, 0.15) is 0 Å². The molecule has 6 heteroatoms. The molecule has 1 aromatic carbocycles. The van der Waals surface area contributed by atoms with Crippen molar-refractivity contribution in [3.8, 4) is 0 Å². The molecule has 1 heterocycles. The van der Waals surface area contributed by atoms with E-state index >= 15 is 0 Å². The maximum atomic E-state index is 11.7. The minimum Gasteiger partial charge on any atom is -0.352 e. The van der Waals surface area contributed by atoms with Crippen molar-refractivity contribution in [1.82, 2.24) is 15.3 Å². The molecule has 0 aliphatic heterocycles. The van der Waals surface area contributed by atoms with Gasteiger partial charge in [-0.3, -0.25) is 4.79 Å². The molecular weight excluding hydrogens is 240 g/mol. The number of imidazole rings is 1. The van der Waals surface area contributed by atoms with Crippen LogP contribution in [0.3, 0.4) is 0 Å². The number of rotatable bonds is 4. The van der Waals surface area contributed by atoms with Crippen LogP contribution in [-0.2, 0) is 0 Å². The number of hydrogen-bond acceptors (Lipinski definition) is 3. The zero-order valence-corrected chi connectivity index (χ0v) is 10.1. The number of halogens is 1. The number of nitrogens with two attached hydrogens (primary N) is 1. The fraction of sp³-hybridized carbons (Fsp3) is 0.273. The Morgan fingerprint density at radius 3 is 3.06 bits per heavy atom. The van der Waals surface area contributed by atoms with Crippen LogP contribution < -0.4 is 11.1 Å². The summed E-state index contributed by atoms with van der Waals surface area (Å²) in [6, 6.07) is 5.38. The summed E-state index contributed by atoms with van der Waals surface area (Å²) in [6.45, 7) is 1.19. The molecule has 92 valence electrons. The Bertz CT molecular complexity index is 497. The number of carbonyl (C=O) groups excluding carboxylic acids is 1. The third kappa shape index (κ3) is 3.18. The van der Waals surface area contributed by atoms with Gasteiger partial charge in [-0.2, -0.15) is 0 Å². The molecule has 5 nitrogen and oxygen atoms in total. The minimum absolute atomic E-state index is 0. The average Bonchev–Trinajstić information content (AvgIpc) is 2.76. The Morgan fingerprint density at radius 1 is 1.47 bits per heavy atom. The zero-order chi connectivity index (χ0) is 11.4. The van der Waals surface area contributed by atoms with Gasteiger partial charge in [0.2, 0.25) is 0 Å². The van der Waals surface area contributed by atoms with E-state index in [1.807, 2.05) is 6.07 Å². The first-order valence-electron chi connectivity index (χ1n) is 5.22. The van der Waals surface area contributed by atoms with Crippen molar-refractivity contribution in [3.63, 3.8) is 0 Å². The van der Waals surface area contributed by atoms with Gasteiger partial charge >= 0.3 is 0 Å². The van der Waals surface area contributed by atoms with Crippen LogP contribution in [0.25, 0.3) is 11.0 Å². The summed E-state index contributed by atoms with van der Waals surface area (Å²) in [5, 5.41) is 2.80. The second-order valence-electron chi connectivity index (χ2n) is 3.53. The molecule has 1 aromatic heterocycles. The standard InChI is InChI=1S/C11H14N4O.ClH/c12-4-1-5-13-11(16)8-2-3-9-10(6-8)15-7-14-9;/h2-3,6-7H,1,4-5,12H2,(H,13,16)(H,14,15);1H. The lowest BCUT2D eigenvalue weighted by Gasteiger charge is -2.03. The van der Waals surface area contributed by atoms with Crippen molar-refractivity contribution in [2.75, 3.05) is 13.1 Å². The average molecular weight is 255 g/mol. The fourth-order valence-corrected chi connectivity index (χ4v) is 1.48. The molecule has 0 saturated carbocycles. The van der Waals surface area contributed by atoms with Crippen molar-refractivity contribution >= 4 is 29.3 Å². The Hall–Kier alpha value is -1.59. The van der Waals surface area contributed by atoms with Gasteiger partial charge in [-0.25, -0.2) is 4.98 Å². The van der Waals surface area contributed by atoms with Gasteiger partial charge in [-0.1, -0.05) is 0 Å². The number of aromatic amines is 1. The SMILES string of the molecule is Cl.NCCCNC(=O)c1ccc2nc[nH]c2c1. The number of carbonyl (C=O) groups is 1. The van der Waals surface area contributed by atoms with Gasteiger partial charge in [0.15, 0.2) is 0 Å². The van der Waals surface area contributed by atoms with Crippen molar-refractivity contribution < 1.29 is 4.79 Å². The molecule has 0 radical (unpaired) electrons. The molecule has 1 amide bonds. The van der Waals surface area contributed by atoms with Crippen LogP contribution >= 0.6 is 12.4 Å². The monoisotopic (exact) mass is 254 g/mol. The molecule has 0 bridgehead atoms. The smallest absolute Gasteiger partial charge is 0.251 e. The number of nitrogens with zero attached hydrogens (tertiary/aromatic N) is 1. The molecule has 0 spiro atoms. The zero-order valence-electron chi connectivity index (χ0n) is 9.27. The Balaban J connectivity index is 0.00000144. The van der Waals surface area contributed by atoms with E-state index in [1.165, 1.54) is 0 Å². The van der Waals surface area contributed by atoms with E-state index in [2.05, 4.69) is 15.3 Å². The predicted octanol–water partition coefficient (Wildman–Crippen LogP) is 1.06. The van der Waals surface area contributed by atoms with Crippen molar-refractivity contribution in [2.24, 2.45) is 5.73 Å². The molecule has 2 rings (SSSR count). The van der Waals surface area contributed by atoms with Gasteiger partial charge in [0.25, 0.3) is 5.91 Å². The summed E-state index contributed by atoms with van der Waals surface area (Å²) in [5.41, 5.74) is 7.71. The van der Waals surface area contributed by atoms with Gasteiger partial charge in [0.05, 0.1) is 17.4 Å².